The number of benzene rings is 3. The molecule has 3 aromatic carbocycles. The first-order valence-electron chi connectivity index (χ1n) is 8.69. The standard InChI is InChI=1S/C21H17ClN2O5S/c1-13-3-2-4-16(11-13)23-20(25)18-12-17(9-10-19(18)22)30(28,29)24-15-7-5-14(6-8-15)21(26)27/h2-12,24H,1H3,(H,23,25)(H,26,27). The molecule has 0 saturated carbocycles. The highest BCUT2D eigenvalue weighted by Crippen LogP contribution is 2.24. The third-order valence-corrected chi connectivity index (χ3v) is 5.86. The Morgan fingerprint density at radius 1 is 0.933 bits per heavy atom. The number of carboxylic acids is 1. The van der Waals surface area contributed by atoms with Crippen LogP contribution in [0.2, 0.25) is 5.02 Å². The third-order valence-electron chi connectivity index (χ3n) is 4.15. The molecule has 9 heteroatoms. The number of hydrogen-bond donors (Lipinski definition) is 3. The number of halogens is 1. The Hall–Kier alpha value is -3.36. The Bertz CT molecular complexity index is 1220. The highest BCUT2D eigenvalue weighted by Gasteiger charge is 2.19. The number of aryl methyl sites for hydroxylation is 1. The summed E-state index contributed by atoms with van der Waals surface area (Å²) in [6.45, 7) is 1.88. The highest BCUT2D eigenvalue weighted by atomic mass is 35.5. The molecule has 0 unspecified atom stereocenters. The molecule has 0 saturated heterocycles. The SMILES string of the molecule is Cc1cccc(NC(=O)c2cc(S(=O)(=O)Nc3ccc(C(=O)O)cc3)ccc2Cl)c1. The van der Waals surface area contributed by atoms with Crippen molar-refractivity contribution in [3.05, 3.63) is 88.4 Å². The van der Waals surface area contributed by atoms with Crippen LogP contribution in [0.1, 0.15) is 26.3 Å². The van der Waals surface area contributed by atoms with Crippen LogP contribution in [-0.2, 0) is 10.0 Å². The van der Waals surface area contributed by atoms with Gasteiger partial charge in [-0.3, -0.25) is 9.52 Å². The second kappa shape index (κ2) is 8.56. The average Bonchev–Trinajstić information content (AvgIpc) is 2.68. The number of aromatic carboxylic acids is 1. The lowest BCUT2D eigenvalue weighted by Crippen LogP contribution is -2.16. The molecule has 0 aliphatic carbocycles. The molecule has 3 rings (SSSR count). The van der Waals surface area contributed by atoms with Gasteiger partial charge in [0.2, 0.25) is 0 Å². The maximum Gasteiger partial charge on any atom is 0.335 e. The van der Waals surface area contributed by atoms with Crippen LogP contribution in [0.25, 0.3) is 0 Å². The van der Waals surface area contributed by atoms with Gasteiger partial charge in [0.1, 0.15) is 0 Å². The largest absolute Gasteiger partial charge is 0.478 e. The van der Waals surface area contributed by atoms with Crippen molar-refractivity contribution in [2.24, 2.45) is 0 Å². The quantitative estimate of drug-likeness (QED) is 0.521. The molecule has 1 amide bonds. The first kappa shape index (κ1) is 21.4. The Balaban J connectivity index is 1.85. The Labute approximate surface area is 178 Å². The first-order valence-corrected chi connectivity index (χ1v) is 10.6. The monoisotopic (exact) mass is 444 g/mol. The van der Waals surface area contributed by atoms with Gasteiger partial charge in [0.15, 0.2) is 0 Å². The summed E-state index contributed by atoms with van der Waals surface area (Å²) in [4.78, 5) is 23.4. The summed E-state index contributed by atoms with van der Waals surface area (Å²) in [5.41, 5.74) is 1.72. The predicted molar refractivity (Wildman–Crippen MR) is 115 cm³/mol. The number of hydrogen-bond acceptors (Lipinski definition) is 4. The van der Waals surface area contributed by atoms with E-state index in [1.165, 1.54) is 42.5 Å². The number of sulfonamides is 1. The van der Waals surface area contributed by atoms with E-state index in [9.17, 15) is 18.0 Å². The number of carboxylic acid groups (broad SMARTS) is 1. The molecule has 0 aliphatic rings. The zero-order chi connectivity index (χ0) is 21.9. The van der Waals surface area contributed by atoms with E-state index < -0.39 is 21.9 Å². The summed E-state index contributed by atoms with van der Waals surface area (Å²) in [6.07, 6.45) is 0. The van der Waals surface area contributed by atoms with Gasteiger partial charge in [-0.25, -0.2) is 13.2 Å². The van der Waals surface area contributed by atoms with Crippen LogP contribution < -0.4 is 10.0 Å². The van der Waals surface area contributed by atoms with Gasteiger partial charge in [0.25, 0.3) is 15.9 Å². The Kier molecular flexibility index (Phi) is 6.09. The number of amides is 1. The van der Waals surface area contributed by atoms with E-state index in [2.05, 4.69) is 10.0 Å². The van der Waals surface area contributed by atoms with Crippen LogP contribution in [0.4, 0.5) is 11.4 Å². The lowest BCUT2D eigenvalue weighted by atomic mass is 10.2. The number of carbonyl (C=O) groups is 2. The minimum absolute atomic E-state index is 0.00210. The molecule has 3 N–H and O–H groups in total. The van der Waals surface area contributed by atoms with Gasteiger partial charge < -0.3 is 10.4 Å². The summed E-state index contributed by atoms with van der Waals surface area (Å²) < 4.78 is 27.8. The molecular formula is C21H17ClN2O5S. The first-order chi connectivity index (χ1) is 14.2. The summed E-state index contributed by atoms with van der Waals surface area (Å²) in [7, 11) is -4.03. The van der Waals surface area contributed by atoms with Crippen molar-refractivity contribution >= 4 is 44.9 Å². The van der Waals surface area contributed by atoms with Gasteiger partial charge in [-0.1, -0.05) is 23.7 Å². The van der Waals surface area contributed by atoms with Gasteiger partial charge in [0.05, 0.1) is 21.0 Å². The molecule has 0 radical (unpaired) electrons. The van der Waals surface area contributed by atoms with Gasteiger partial charge in [-0.2, -0.15) is 0 Å². The second-order valence-corrected chi connectivity index (χ2v) is 8.54. The fraction of sp³-hybridized carbons (Fsp3) is 0.0476. The van der Waals surface area contributed by atoms with Crippen molar-refractivity contribution in [2.75, 3.05) is 10.0 Å². The van der Waals surface area contributed by atoms with Crippen molar-refractivity contribution in [3.63, 3.8) is 0 Å². The molecule has 0 aromatic heterocycles. The fourth-order valence-electron chi connectivity index (χ4n) is 2.66. The van der Waals surface area contributed by atoms with Crippen LogP contribution in [0.3, 0.4) is 0 Å². The average molecular weight is 445 g/mol. The molecule has 0 heterocycles. The van der Waals surface area contributed by atoms with E-state index in [-0.39, 0.29) is 26.7 Å². The minimum Gasteiger partial charge on any atom is -0.478 e. The van der Waals surface area contributed by atoms with Crippen molar-refractivity contribution in [1.82, 2.24) is 0 Å². The summed E-state index contributed by atoms with van der Waals surface area (Å²) in [5.74, 6) is -1.67. The summed E-state index contributed by atoms with van der Waals surface area (Å²) in [6, 6.07) is 16.2. The van der Waals surface area contributed by atoms with Crippen molar-refractivity contribution in [1.29, 1.82) is 0 Å². The van der Waals surface area contributed by atoms with E-state index >= 15 is 0 Å². The van der Waals surface area contributed by atoms with Crippen LogP contribution in [0.15, 0.2) is 71.6 Å². The smallest absolute Gasteiger partial charge is 0.335 e. The van der Waals surface area contributed by atoms with Gasteiger partial charge >= 0.3 is 5.97 Å². The number of carbonyl (C=O) groups excluding carboxylic acids is 1. The molecule has 154 valence electrons. The van der Waals surface area contributed by atoms with Crippen molar-refractivity contribution in [2.45, 2.75) is 11.8 Å². The van der Waals surface area contributed by atoms with Crippen LogP contribution in [0, 0.1) is 6.92 Å². The number of rotatable bonds is 6. The van der Waals surface area contributed by atoms with E-state index in [4.69, 9.17) is 16.7 Å². The Morgan fingerprint density at radius 3 is 2.27 bits per heavy atom. The maximum atomic E-state index is 12.7. The molecule has 0 bridgehead atoms. The lowest BCUT2D eigenvalue weighted by Gasteiger charge is -2.11. The normalized spacial score (nSPS) is 11.0. The molecule has 7 nitrogen and oxygen atoms in total. The summed E-state index contributed by atoms with van der Waals surface area (Å²) >= 11 is 6.11. The molecule has 0 spiro atoms. The molecule has 30 heavy (non-hydrogen) atoms. The van der Waals surface area contributed by atoms with E-state index in [0.29, 0.717) is 5.69 Å². The van der Waals surface area contributed by atoms with Crippen LogP contribution >= 0.6 is 11.6 Å². The van der Waals surface area contributed by atoms with E-state index in [1.54, 1.807) is 18.2 Å². The van der Waals surface area contributed by atoms with Crippen LogP contribution in [0.5, 0.6) is 0 Å². The number of nitrogens with one attached hydrogen (secondary N) is 2. The van der Waals surface area contributed by atoms with Gasteiger partial charge in [0, 0.05) is 11.4 Å². The van der Waals surface area contributed by atoms with E-state index in [1.807, 2.05) is 13.0 Å². The number of anilines is 2. The zero-order valence-electron chi connectivity index (χ0n) is 15.7. The van der Waals surface area contributed by atoms with Gasteiger partial charge in [-0.15, -0.1) is 0 Å². The molecule has 0 fully saturated rings. The zero-order valence-corrected chi connectivity index (χ0v) is 17.3. The fourth-order valence-corrected chi connectivity index (χ4v) is 3.95. The molecule has 0 atom stereocenters. The molecule has 3 aromatic rings. The minimum atomic E-state index is -4.03. The lowest BCUT2D eigenvalue weighted by molar-refractivity contribution is 0.0696. The second-order valence-electron chi connectivity index (χ2n) is 6.45. The molecular weight excluding hydrogens is 428 g/mol. The topological polar surface area (TPSA) is 113 Å². The van der Waals surface area contributed by atoms with Crippen molar-refractivity contribution < 1.29 is 23.1 Å². The van der Waals surface area contributed by atoms with Crippen LogP contribution in [-0.4, -0.2) is 25.4 Å². The third kappa shape index (κ3) is 4.97. The maximum absolute atomic E-state index is 12.7. The summed E-state index contributed by atoms with van der Waals surface area (Å²) in [5, 5.41) is 11.7. The highest BCUT2D eigenvalue weighted by molar-refractivity contribution is 7.92. The predicted octanol–water partition coefficient (Wildman–Crippen LogP) is 4.40. The van der Waals surface area contributed by atoms with Gasteiger partial charge in [-0.05, 0) is 67.1 Å². The van der Waals surface area contributed by atoms with E-state index in [0.717, 1.165) is 5.56 Å². The molecule has 0 aliphatic heterocycles. The van der Waals surface area contributed by atoms with Crippen molar-refractivity contribution in [3.8, 4) is 0 Å². The Morgan fingerprint density at radius 2 is 1.63 bits per heavy atom.